The summed E-state index contributed by atoms with van der Waals surface area (Å²) in [6, 6.07) is 2.51. The Bertz CT molecular complexity index is 1240. The summed E-state index contributed by atoms with van der Waals surface area (Å²) in [6.45, 7) is 4.14. The SMILES string of the molecule is CC(C)C[C@H](NC(=O)[C@H](Cc1ccccc1)NC(=O)[C@@H](N)CC(=O)O)C(=O)N[C@@H](CCCCN)C(=O)N[C@@H](CCCN=C(N)N)C(=O)O. The summed E-state index contributed by atoms with van der Waals surface area (Å²) < 4.78 is 0. The minimum atomic E-state index is -1.42. The van der Waals surface area contributed by atoms with Crippen molar-refractivity contribution in [3.63, 3.8) is 0 Å². The Kier molecular flexibility index (Phi) is 18.8. The number of nitrogens with one attached hydrogen (secondary N) is 4. The van der Waals surface area contributed by atoms with E-state index in [4.69, 9.17) is 28.0 Å². The van der Waals surface area contributed by atoms with Gasteiger partial charge in [0, 0.05) is 13.0 Å². The minimum Gasteiger partial charge on any atom is -0.481 e. The van der Waals surface area contributed by atoms with E-state index in [-0.39, 0.29) is 50.5 Å². The third-order valence-corrected chi connectivity index (χ3v) is 7.13. The van der Waals surface area contributed by atoms with Crippen molar-refractivity contribution in [2.45, 2.75) is 95.4 Å². The molecule has 48 heavy (non-hydrogen) atoms. The molecule has 4 amide bonds. The number of nitrogens with two attached hydrogens (primary N) is 4. The monoisotopic (exact) mass is 677 g/mol. The van der Waals surface area contributed by atoms with E-state index in [1.165, 1.54) is 0 Å². The van der Waals surface area contributed by atoms with Crippen LogP contribution in [0.15, 0.2) is 35.3 Å². The number of aliphatic imine (C=N–C) groups is 1. The quantitative estimate of drug-likeness (QED) is 0.0352. The average molecular weight is 678 g/mol. The average Bonchev–Trinajstić information content (AvgIpc) is 3.00. The molecule has 0 aliphatic rings. The fourth-order valence-corrected chi connectivity index (χ4v) is 4.66. The van der Waals surface area contributed by atoms with Gasteiger partial charge in [-0.05, 0) is 56.6 Å². The van der Waals surface area contributed by atoms with Gasteiger partial charge in [0.25, 0.3) is 0 Å². The molecule has 0 aliphatic carbocycles. The summed E-state index contributed by atoms with van der Waals surface area (Å²) in [5.74, 6) is -5.83. The number of carboxylic acid groups (broad SMARTS) is 2. The van der Waals surface area contributed by atoms with Crippen molar-refractivity contribution in [3.8, 4) is 0 Å². The van der Waals surface area contributed by atoms with Gasteiger partial charge in [-0.2, -0.15) is 0 Å². The van der Waals surface area contributed by atoms with Crippen molar-refractivity contribution < 1.29 is 39.0 Å². The fraction of sp³-hybridized carbons (Fsp3) is 0.581. The summed E-state index contributed by atoms with van der Waals surface area (Å²) in [7, 11) is 0. The molecule has 1 aromatic carbocycles. The number of hydrogen-bond donors (Lipinski definition) is 10. The molecule has 268 valence electrons. The number of aliphatic carboxylic acids is 2. The van der Waals surface area contributed by atoms with Crippen LogP contribution in [0.2, 0.25) is 0 Å². The first kappa shape index (κ1) is 41.3. The lowest BCUT2D eigenvalue weighted by Crippen LogP contribution is -2.59. The predicted molar refractivity (Wildman–Crippen MR) is 178 cm³/mol. The van der Waals surface area contributed by atoms with Crippen molar-refractivity contribution in [2.24, 2.45) is 33.8 Å². The molecule has 17 heteroatoms. The van der Waals surface area contributed by atoms with Crippen LogP contribution in [0.1, 0.15) is 64.4 Å². The highest BCUT2D eigenvalue weighted by molar-refractivity contribution is 5.96. The van der Waals surface area contributed by atoms with Gasteiger partial charge in [0.1, 0.15) is 24.2 Å². The fourth-order valence-electron chi connectivity index (χ4n) is 4.66. The molecule has 5 atom stereocenters. The Balaban J connectivity index is 3.20. The Morgan fingerprint density at radius 2 is 1.29 bits per heavy atom. The molecule has 1 aromatic rings. The Hall–Kier alpha value is -4.77. The van der Waals surface area contributed by atoms with E-state index < -0.39 is 72.2 Å². The highest BCUT2D eigenvalue weighted by atomic mass is 16.4. The maximum absolute atomic E-state index is 13.6. The number of carbonyl (C=O) groups is 6. The van der Waals surface area contributed by atoms with Crippen LogP contribution in [-0.2, 0) is 35.2 Å². The van der Waals surface area contributed by atoms with Crippen LogP contribution in [0.5, 0.6) is 0 Å². The maximum Gasteiger partial charge on any atom is 0.326 e. The third-order valence-electron chi connectivity index (χ3n) is 7.13. The second kappa shape index (κ2) is 21.9. The molecule has 0 bridgehead atoms. The number of hydrogen-bond acceptors (Lipinski definition) is 9. The number of nitrogens with zero attached hydrogens (tertiary/aromatic N) is 1. The Labute approximate surface area is 280 Å². The molecule has 0 radical (unpaired) electrons. The molecular weight excluding hydrogens is 626 g/mol. The smallest absolute Gasteiger partial charge is 0.326 e. The lowest BCUT2D eigenvalue weighted by Gasteiger charge is -2.27. The molecule has 0 heterocycles. The second-order valence-corrected chi connectivity index (χ2v) is 11.8. The molecule has 0 spiro atoms. The highest BCUT2D eigenvalue weighted by Crippen LogP contribution is 2.11. The van der Waals surface area contributed by atoms with E-state index in [0.717, 1.165) is 0 Å². The van der Waals surface area contributed by atoms with E-state index in [2.05, 4.69) is 26.3 Å². The van der Waals surface area contributed by atoms with E-state index in [1.54, 1.807) is 30.3 Å². The van der Waals surface area contributed by atoms with Gasteiger partial charge in [0.2, 0.25) is 23.6 Å². The summed E-state index contributed by atoms with van der Waals surface area (Å²) in [5, 5.41) is 29.0. The first-order valence-corrected chi connectivity index (χ1v) is 15.9. The first-order valence-electron chi connectivity index (χ1n) is 15.9. The summed E-state index contributed by atoms with van der Waals surface area (Å²) in [4.78, 5) is 80.0. The lowest BCUT2D eigenvalue weighted by molar-refractivity contribution is -0.142. The van der Waals surface area contributed by atoms with E-state index in [9.17, 15) is 33.9 Å². The number of guanidine groups is 1. The lowest BCUT2D eigenvalue weighted by atomic mass is 10.00. The van der Waals surface area contributed by atoms with Gasteiger partial charge in [0.05, 0.1) is 12.5 Å². The molecular formula is C31H51N9O8. The molecule has 0 aromatic heterocycles. The van der Waals surface area contributed by atoms with Crippen LogP contribution < -0.4 is 44.2 Å². The van der Waals surface area contributed by atoms with Crippen molar-refractivity contribution >= 4 is 41.5 Å². The van der Waals surface area contributed by atoms with Gasteiger partial charge in [0.15, 0.2) is 5.96 Å². The van der Waals surface area contributed by atoms with Crippen LogP contribution in [-0.4, -0.2) is 95.0 Å². The molecule has 0 saturated heterocycles. The zero-order valence-corrected chi connectivity index (χ0v) is 27.5. The Morgan fingerprint density at radius 3 is 1.85 bits per heavy atom. The van der Waals surface area contributed by atoms with Crippen molar-refractivity contribution in [3.05, 3.63) is 35.9 Å². The largest absolute Gasteiger partial charge is 0.481 e. The predicted octanol–water partition coefficient (Wildman–Crippen LogP) is -1.72. The molecule has 0 aliphatic heterocycles. The zero-order valence-electron chi connectivity index (χ0n) is 27.5. The number of rotatable bonds is 23. The van der Waals surface area contributed by atoms with Crippen LogP contribution >= 0.6 is 0 Å². The summed E-state index contributed by atoms with van der Waals surface area (Å²) >= 11 is 0. The normalized spacial score (nSPS) is 14.0. The van der Waals surface area contributed by atoms with Gasteiger partial charge in [-0.1, -0.05) is 44.2 Å². The molecule has 0 fully saturated rings. The number of benzene rings is 1. The summed E-state index contributed by atoms with van der Waals surface area (Å²) in [6.07, 6.45) is 0.932. The van der Waals surface area contributed by atoms with Crippen LogP contribution in [0.25, 0.3) is 0 Å². The number of amides is 4. The third kappa shape index (κ3) is 16.7. The van der Waals surface area contributed by atoms with E-state index in [0.29, 0.717) is 24.9 Å². The Morgan fingerprint density at radius 1 is 0.750 bits per heavy atom. The van der Waals surface area contributed by atoms with Gasteiger partial charge >= 0.3 is 11.9 Å². The standard InChI is InChI=1S/C31H51N9O8/c1-18(2)15-23(40-29(46)24(16-19-9-4-3-5-10-19)39-26(43)20(33)17-25(41)42)28(45)37-21(11-6-7-13-32)27(44)38-22(30(47)48)12-8-14-36-31(34)35/h3-5,9-10,18,20-24H,6-8,11-17,32-33H2,1-2H3,(H,37,45)(H,38,44)(H,39,43)(H,40,46)(H,41,42)(H,47,48)(H4,34,35,36)/t20-,21-,22-,23-,24-/m0/s1. The first-order chi connectivity index (χ1) is 22.6. The van der Waals surface area contributed by atoms with Gasteiger partial charge in [-0.25, -0.2) is 4.79 Å². The summed E-state index contributed by atoms with van der Waals surface area (Å²) in [5.41, 5.74) is 22.6. The second-order valence-electron chi connectivity index (χ2n) is 11.8. The van der Waals surface area contributed by atoms with Gasteiger partial charge < -0.3 is 54.4 Å². The highest BCUT2D eigenvalue weighted by Gasteiger charge is 2.32. The van der Waals surface area contributed by atoms with Crippen molar-refractivity contribution in [2.75, 3.05) is 13.1 Å². The number of unbranched alkanes of at least 4 members (excludes halogenated alkanes) is 1. The minimum absolute atomic E-state index is 0.0120. The maximum atomic E-state index is 13.6. The van der Waals surface area contributed by atoms with Crippen LogP contribution in [0.4, 0.5) is 0 Å². The molecule has 0 unspecified atom stereocenters. The van der Waals surface area contributed by atoms with E-state index in [1.807, 2.05) is 13.8 Å². The molecule has 14 N–H and O–H groups in total. The molecule has 0 saturated carbocycles. The topological polar surface area (TPSA) is 307 Å². The zero-order chi connectivity index (χ0) is 36.2. The van der Waals surface area contributed by atoms with Crippen molar-refractivity contribution in [1.82, 2.24) is 21.3 Å². The van der Waals surface area contributed by atoms with Gasteiger partial charge in [-0.15, -0.1) is 0 Å². The number of carbonyl (C=O) groups excluding carboxylic acids is 4. The van der Waals surface area contributed by atoms with Gasteiger partial charge in [-0.3, -0.25) is 29.0 Å². The van der Waals surface area contributed by atoms with Crippen LogP contribution in [0, 0.1) is 5.92 Å². The van der Waals surface area contributed by atoms with E-state index >= 15 is 0 Å². The van der Waals surface area contributed by atoms with Crippen LogP contribution in [0.3, 0.4) is 0 Å². The molecule has 1 rings (SSSR count). The van der Waals surface area contributed by atoms with Crippen molar-refractivity contribution in [1.29, 1.82) is 0 Å². The number of carboxylic acids is 2. The molecule has 17 nitrogen and oxygen atoms in total.